The Kier molecular flexibility index (Phi) is 6.37. The Bertz CT molecular complexity index is 1220. The van der Waals surface area contributed by atoms with Gasteiger partial charge < -0.3 is 15.5 Å². The van der Waals surface area contributed by atoms with Crippen molar-refractivity contribution in [2.75, 3.05) is 22.1 Å². The van der Waals surface area contributed by atoms with Gasteiger partial charge in [-0.3, -0.25) is 9.89 Å². The topological polar surface area (TPSA) is 98.8 Å². The summed E-state index contributed by atoms with van der Waals surface area (Å²) in [4.78, 5) is 25.0. The largest absolute Gasteiger partial charge is 0.329 e. The Hall–Kier alpha value is -2.65. The Labute approximate surface area is 213 Å². The summed E-state index contributed by atoms with van der Waals surface area (Å²) in [5, 5.41) is 15.1. The molecule has 3 aliphatic rings. The zero-order valence-corrected chi connectivity index (χ0v) is 21.2. The predicted molar refractivity (Wildman–Crippen MR) is 140 cm³/mol. The molecular formula is C25H30ClN7OS. The van der Waals surface area contributed by atoms with Gasteiger partial charge in [0, 0.05) is 29.8 Å². The summed E-state index contributed by atoms with van der Waals surface area (Å²) in [5.74, 6) is 2.78. The number of carbonyl (C=O) groups is 1. The number of aromatic amines is 1. The highest BCUT2D eigenvalue weighted by Crippen LogP contribution is 2.35. The molecule has 0 bridgehead atoms. The average molecular weight is 512 g/mol. The molecule has 0 radical (unpaired) electrons. The molecule has 35 heavy (non-hydrogen) atoms. The number of carbonyl (C=O) groups excluding carboxylic acids is 1. The second kappa shape index (κ2) is 9.78. The second-order valence-corrected chi connectivity index (χ2v) is 11.5. The van der Waals surface area contributed by atoms with Gasteiger partial charge in [-0.15, -0.1) is 11.3 Å². The second-order valence-electron chi connectivity index (χ2n) is 9.76. The Balaban J connectivity index is 1.23. The summed E-state index contributed by atoms with van der Waals surface area (Å²) in [6.45, 7) is 0.760. The molecule has 3 aromatic heterocycles. The Morgan fingerprint density at radius 2 is 1.97 bits per heavy atom. The van der Waals surface area contributed by atoms with Gasteiger partial charge in [0.15, 0.2) is 5.82 Å². The fourth-order valence-corrected chi connectivity index (χ4v) is 6.61. The Morgan fingerprint density at radius 3 is 2.80 bits per heavy atom. The van der Waals surface area contributed by atoms with Crippen LogP contribution in [0.25, 0.3) is 0 Å². The molecular weight excluding hydrogens is 482 g/mol. The van der Waals surface area contributed by atoms with Crippen molar-refractivity contribution in [2.45, 2.75) is 76.2 Å². The lowest BCUT2D eigenvalue weighted by Crippen LogP contribution is -2.40. The standard InChI is InChI=1S/C25H30ClN7OS/c26-20-11-12-22(35-20)29-24(34)19-10-5-13-33(19)25-27-17-9-4-8-16(17)23(30-25)28-21-14-18(31-32-21)15-6-2-1-3-7-15/h11-12,14-15,19H,1-10,13H2,(H,29,34)(H2,27,28,30,31,32)/t19-/m1/s1. The first-order chi connectivity index (χ1) is 17.1. The van der Waals surface area contributed by atoms with Gasteiger partial charge in [0.2, 0.25) is 11.9 Å². The van der Waals surface area contributed by atoms with Crippen LogP contribution in [0.15, 0.2) is 18.2 Å². The molecule has 2 aliphatic carbocycles. The van der Waals surface area contributed by atoms with Crippen molar-refractivity contribution in [2.24, 2.45) is 0 Å². The highest BCUT2D eigenvalue weighted by atomic mass is 35.5. The number of nitrogens with zero attached hydrogens (tertiary/aromatic N) is 4. The number of amides is 1. The minimum Gasteiger partial charge on any atom is -0.329 e. The SMILES string of the molecule is O=C(Nc1ccc(Cl)s1)[C@H]1CCCN1c1nc2c(c(Nc3cc(C4CCCCC4)[nH]n3)n1)CCC2. The third kappa shape index (κ3) is 4.76. The lowest BCUT2D eigenvalue weighted by molar-refractivity contribution is -0.117. The number of rotatable bonds is 6. The van der Waals surface area contributed by atoms with Gasteiger partial charge in [0.05, 0.1) is 15.0 Å². The first kappa shape index (κ1) is 22.8. The summed E-state index contributed by atoms with van der Waals surface area (Å²) in [6.07, 6.45) is 11.0. The van der Waals surface area contributed by atoms with Crippen LogP contribution in [0.5, 0.6) is 0 Å². The normalized spacial score (nSPS) is 20.3. The van der Waals surface area contributed by atoms with Crippen molar-refractivity contribution < 1.29 is 4.79 Å². The van der Waals surface area contributed by atoms with Crippen molar-refractivity contribution in [3.63, 3.8) is 0 Å². The molecule has 6 rings (SSSR count). The third-order valence-corrected chi connectivity index (χ3v) is 8.59. The number of halogens is 1. The van der Waals surface area contributed by atoms with E-state index in [1.807, 2.05) is 11.0 Å². The zero-order chi connectivity index (χ0) is 23.8. The van der Waals surface area contributed by atoms with Crippen molar-refractivity contribution in [1.82, 2.24) is 20.2 Å². The number of H-pyrrole nitrogens is 1. The molecule has 3 aromatic rings. The van der Waals surface area contributed by atoms with Crippen molar-refractivity contribution >= 4 is 51.4 Å². The highest BCUT2D eigenvalue weighted by molar-refractivity contribution is 7.20. The van der Waals surface area contributed by atoms with Gasteiger partial charge in [-0.2, -0.15) is 10.1 Å². The van der Waals surface area contributed by atoms with Gasteiger partial charge in [0.1, 0.15) is 11.9 Å². The molecule has 0 aromatic carbocycles. The molecule has 1 saturated heterocycles. The summed E-state index contributed by atoms with van der Waals surface area (Å²) < 4.78 is 0.659. The minimum absolute atomic E-state index is 0.0379. The van der Waals surface area contributed by atoms with E-state index in [4.69, 9.17) is 21.6 Å². The van der Waals surface area contributed by atoms with E-state index in [0.717, 1.165) is 61.0 Å². The van der Waals surface area contributed by atoms with Crippen LogP contribution >= 0.6 is 22.9 Å². The van der Waals surface area contributed by atoms with Gasteiger partial charge in [-0.1, -0.05) is 30.9 Å². The average Bonchev–Trinajstić information content (AvgIpc) is 3.67. The van der Waals surface area contributed by atoms with Gasteiger partial charge in [-0.25, -0.2) is 4.98 Å². The molecule has 3 N–H and O–H groups in total. The fourth-order valence-electron chi connectivity index (χ4n) is 5.66. The van der Waals surface area contributed by atoms with Crippen LogP contribution in [0.3, 0.4) is 0 Å². The molecule has 0 spiro atoms. The number of fused-ring (bicyclic) bond motifs is 1. The van der Waals surface area contributed by atoms with Crippen molar-refractivity contribution in [3.05, 3.63) is 39.5 Å². The lowest BCUT2D eigenvalue weighted by Gasteiger charge is -2.25. The van der Waals surface area contributed by atoms with Crippen LogP contribution in [-0.2, 0) is 17.6 Å². The van der Waals surface area contributed by atoms with E-state index in [9.17, 15) is 4.79 Å². The maximum atomic E-state index is 13.1. The van der Waals surface area contributed by atoms with Gasteiger partial charge >= 0.3 is 0 Å². The molecule has 10 heteroatoms. The molecule has 8 nitrogen and oxygen atoms in total. The quantitative estimate of drug-likeness (QED) is 0.386. The van der Waals surface area contributed by atoms with Crippen molar-refractivity contribution in [3.8, 4) is 0 Å². The first-order valence-corrected chi connectivity index (χ1v) is 13.9. The fraction of sp³-hybridized carbons (Fsp3) is 0.520. The molecule has 1 amide bonds. The van der Waals surface area contributed by atoms with E-state index in [0.29, 0.717) is 16.2 Å². The summed E-state index contributed by atoms with van der Waals surface area (Å²) in [5.41, 5.74) is 3.46. The van der Waals surface area contributed by atoms with E-state index in [1.54, 1.807) is 6.07 Å². The lowest BCUT2D eigenvalue weighted by atomic mass is 9.87. The maximum Gasteiger partial charge on any atom is 0.247 e. The first-order valence-electron chi connectivity index (χ1n) is 12.7. The van der Waals surface area contributed by atoms with E-state index in [1.165, 1.54) is 54.7 Å². The van der Waals surface area contributed by atoms with Crippen LogP contribution in [0.2, 0.25) is 4.34 Å². The maximum absolute atomic E-state index is 13.1. The number of anilines is 4. The molecule has 1 saturated carbocycles. The van der Waals surface area contributed by atoms with Gasteiger partial charge in [0.25, 0.3) is 0 Å². The summed E-state index contributed by atoms with van der Waals surface area (Å²) in [6, 6.07) is 5.47. The predicted octanol–water partition coefficient (Wildman–Crippen LogP) is 5.80. The number of nitrogens with one attached hydrogen (secondary N) is 3. The molecule has 1 aliphatic heterocycles. The van der Waals surface area contributed by atoms with E-state index >= 15 is 0 Å². The van der Waals surface area contributed by atoms with Crippen LogP contribution in [0.4, 0.5) is 22.6 Å². The molecule has 0 unspecified atom stereocenters. The molecule has 1 atom stereocenters. The van der Waals surface area contributed by atoms with E-state index in [-0.39, 0.29) is 11.9 Å². The van der Waals surface area contributed by atoms with E-state index in [2.05, 4.69) is 26.9 Å². The van der Waals surface area contributed by atoms with Gasteiger partial charge in [-0.05, 0) is 57.1 Å². The number of aryl methyl sites for hydroxylation is 1. The minimum atomic E-state index is -0.300. The smallest absolute Gasteiger partial charge is 0.247 e. The monoisotopic (exact) mass is 511 g/mol. The van der Waals surface area contributed by atoms with Crippen LogP contribution in [0.1, 0.15) is 74.2 Å². The molecule has 2 fully saturated rings. The highest BCUT2D eigenvalue weighted by Gasteiger charge is 2.34. The number of hydrogen-bond acceptors (Lipinski definition) is 7. The van der Waals surface area contributed by atoms with E-state index < -0.39 is 0 Å². The number of aromatic nitrogens is 4. The summed E-state index contributed by atoms with van der Waals surface area (Å²) in [7, 11) is 0. The number of thiophene rings is 1. The van der Waals surface area contributed by atoms with Crippen molar-refractivity contribution in [1.29, 1.82) is 0 Å². The third-order valence-electron chi connectivity index (χ3n) is 7.44. The van der Waals surface area contributed by atoms with Crippen LogP contribution in [0, 0.1) is 0 Å². The number of hydrogen-bond donors (Lipinski definition) is 3. The van der Waals surface area contributed by atoms with Crippen LogP contribution in [-0.4, -0.2) is 38.7 Å². The zero-order valence-electron chi connectivity index (χ0n) is 19.6. The Morgan fingerprint density at radius 1 is 1.09 bits per heavy atom. The molecule has 184 valence electrons. The molecule has 4 heterocycles. The summed E-state index contributed by atoms with van der Waals surface area (Å²) >= 11 is 7.40. The van der Waals surface area contributed by atoms with Crippen LogP contribution < -0.4 is 15.5 Å².